The van der Waals surface area contributed by atoms with Crippen molar-refractivity contribution in [2.75, 3.05) is 25.0 Å². The van der Waals surface area contributed by atoms with Crippen molar-refractivity contribution in [2.45, 2.75) is 32.0 Å². The molecule has 7 nitrogen and oxygen atoms in total. The van der Waals surface area contributed by atoms with E-state index in [2.05, 4.69) is 22.0 Å². The van der Waals surface area contributed by atoms with Gasteiger partial charge >= 0.3 is 6.03 Å². The fourth-order valence-corrected chi connectivity index (χ4v) is 4.97. The van der Waals surface area contributed by atoms with Crippen LogP contribution in [-0.4, -0.2) is 65.3 Å². The first-order valence-electron chi connectivity index (χ1n) is 10.7. The third kappa shape index (κ3) is 3.41. The summed E-state index contributed by atoms with van der Waals surface area (Å²) in [5, 5.41) is 3.45. The van der Waals surface area contributed by atoms with Gasteiger partial charge < -0.3 is 9.80 Å². The molecule has 2 aromatic rings. The number of hydrogen-bond donors (Lipinski definition) is 1. The van der Waals surface area contributed by atoms with Gasteiger partial charge in [-0.2, -0.15) is 0 Å². The fourth-order valence-electron chi connectivity index (χ4n) is 4.97. The van der Waals surface area contributed by atoms with E-state index in [9.17, 15) is 18.4 Å². The molecule has 3 heterocycles. The van der Waals surface area contributed by atoms with E-state index in [1.165, 1.54) is 29.2 Å². The number of nitrogens with zero attached hydrogens (tertiary/aromatic N) is 4. The van der Waals surface area contributed by atoms with Crippen molar-refractivity contribution >= 4 is 17.6 Å². The maximum Gasteiger partial charge on any atom is 0.328 e. The highest BCUT2D eigenvalue weighted by molar-refractivity contribution is 6.00. The van der Waals surface area contributed by atoms with Crippen LogP contribution in [0.2, 0.25) is 0 Å². The standard InChI is InChI=1S/C23H25F2N5O2/c1-14-11-28(18-9-7-17(25)8-10-18)22-26-20-19(29(22)12-14)21(31)30(23(32)27(20)2)13-15-3-5-16(24)6-4-15/h3-10,14,19-20,22,26H,11-13H2,1-2H3. The van der Waals surface area contributed by atoms with Crippen molar-refractivity contribution in [1.29, 1.82) is 0 Å². The normalized spacial score (nSPS) is 28.2. The van der Waals surface area contributed by atoms with Crippen molar-refractivity contribution in [2.24, 2.45) is 5.92 Å². The second-order valence-corrected chi connectivity index (χ2v) is 8.81. The Kier molecular flexibility index (Phi) is 5.10. The number of likely N-dealkylation sites (N-methyl/N-ethyl adjacent to an activating group) is 1. The lowest BCUT2D eigenvalue weighted by atomic mass is 10.0. The van der Waals surface area contributed by atoms with Crippen LogP contribution in [0.1, 0.15) is 12.5 Å². The van der Waals surface area contributed by atoms with Crippen LogP contribution in [-0.2, 0) is 11.3 Å². The average Bonchev–Trinajstić information content (AvgIpc) is 3.16. The molecule has 3 fully saturated rings. The molecule has 0 aliphatic carbocycles. The Balaban J connectivity index is 1.45. The fraction of sp³-hybridized carbons (Fsp3) is 0.391. The maximum atomic E-state index is 13.5. The first-order chi connectivity index (χ1) is 15.3. The third-order valence-electron chi connectivity index (χ3n) is 6.50. The van der Waals surface area contributed by atoms with E-state index < -0.39 is 18.2 Å². The van der Waals surface area contributed by atoms with E-state index in [0.29, 0.717) is 12.1 Å². The van der Waals surface area contributed by atoms with Gasteiger partial charge in [0.1, 0.15) is 30.1 Å². The first-order valence-corrected chi connectivity index (χ1v) is 10.7. The number of amides is 3. The molecular weight excluding hydrogens is 416 g/mol. The van der Waals surface area contributed by atoms with Crippen LogP contribution in [0.15, 0.2) is 48.5 Å². The minimum atomic E-state index is -0.547. The smallest absolute Gasteiger partial charge is 0.328 e. The Labute approximate surface area is 185 Å². The van der Waals surface area contributed by atoms with Crippen LogP contribution in [0.4, 0.5) is 19.3 Å². The topological polar surface area (TPSA) is 59.1 Å². The highest BCUT2D eigenvalue weighted by atomic mass is 19.1. The molecule has 32 heavy (non-hydrogen) atoms. The number of carbonyl (C=O) groups excluding carboxylic acids is 2. The summed E-state index contributed by atoms with van der Waals surface area (Å²) in [6.45, 7) is 3.62. The zero-order chi connectivity index (χ0) is 22.6. The molecule has 3 aliphatic rings. The third-order valence-corrected chi connectivity index (χ3v) is 6.50. The van der Waals surface area contributed by atoms with Gasteiger partial charge in [0, 0.05) is 25.8 Å². The molecule has 4 unspecified atom stereocenters. The minimum absolute atomic E-state index is 0.0846. The zero-order valence-electron chi connectivity index (χ0n) is 17.9. The van der Waals surface area contributed by atoms with Crippen molar-refractivity contribution in [1.82, 2.24) is 20.0 Å². The number of hydrogen-bond acceptors (Lipinski definition) is 5. The number of urea groups is 1. The summed E-state index contributed by atoms with van der Waals surface area (Å²) < 4.78 is 26.8. The molecule has 1 N–H and O–H groups in total. The molecule has 5 rings (SSSR count). The monoisotopic (exact) mass is 441 g/mol. The number of nitrogens with one attached hydrogen (secondary N) is 1. The lowest BCUT2D eigenvalue weighted by Crippen LogP contribution is -2.66. The number of fused-ring (bicyclic) bond motifs is 3. The average molecular weight is 441 g/mol. The predicted octanol–water partition coefficient (Wildman–Crippen LogP) is 2.40. The Morgan fingerprint density at radius 2 is 1.59 bits per heavy atom. The summed E-state index contributed by atoms with van der Waals surface area (Å²) in [7, 11) is 1.68. The lowest BCUT2D eigenvalue weighted by molar-refractivity contribution is -0.139. The van der Waals surface area contributed by atoms with E-state index >= 15 is 0 Å². The first kappa shape index (κ1) is 20.8. The van der Waals surface area contributed by atoms with Crippen LogP contribution < -0.4 is 10.2 Å². The second-order valence-electron chi connectivity index (χ2n) is 8.81. The molecule has 0 spiro atoms. The Morgan fingerprint density at radius 1 is 0.969 bits per heavy atom. The van der Waals surface area contributed by atoms with Gasteiger partial charge in [0.25, 0.3) is 5.91 Å². The SMILES string of the molecule is CC1CN(c2ccc(F)cc2)C2NC3C(C(=O)N(Cc4ccc(F)cc4)C(=O)N3C)N2C1. The van der Waals surface area contributed by atoms with Crippen LogP contribution in [0, 0.1) is 17.6 Å². The van der Waals surface area contributed by atoms with Crippen molar-refractivity contribution < 1.29 is 18.4 Å². The van der Waals surface area contributed by atoms with E-state index in [1.807, 2.05) is 0 Å². The van der Waals surface area contributed by atoms with E-state index in [0.717, 1.165) is 12.2 Å². The molecule has 3 amide bonds. The summed E-state index contributed by atoms with van der Waals surface area (Å²) in [5.41, 5.74) is 1.53. The molecule has 0 bridgehead atoms. The van der Waals surface area contributed by atoms with Crippen LogP contribution in [0.5, 0.6) is 0 Å². The Hall–Kier alpha value is -3.04. The molecular formula is C23H25F2N5O2. The molecule has 2 aromatic carbocycles. The predicted molar refractivity (Wildman–Crippen MR) is 114 cm³/mol. The Morgan fingerprint density at radius 3 is 2.25 bits per heavy atom. The maximum absolute atomic E-state index is 13.5. The summed E-state index contributed by atoms with van der Waals surface area (Å²) in [6.07, 6.45) is -0.769. The molecule has 4 atom stereocenters. The summed E-state index contributed by atoms with van der Waals surface area (Å²) in [4.78, 5) is 33.6. The molecule has 168 valence electrons. The molecule has 0 aromatic heterocycles. The highest BCUT2D eigenvalue weighted by Crippen LogP contribution is 2.34. The molecule has 0 saturated carbocycles. The molecule has 3 saturated heterocycles. The van der Waals surface area contributed by atoms with Gasteiger partial charge in [-0.25, -0.2) is 13.6 Å². The number of rotatable bonds is 3. The van der Waals surface area contributed by atoms with Gasteiger partial charge in [-0.15, -0.1) is 0 Å². The van der Waals surface area contributed by atoms with Gasteiger partial charge in [-0.3, -0.25) is 19.9 Å². The van der Waals surface area contributed by atoms with Gasteiger partial charge in [-0.1, -0.05) is 19.1 Å². The molecule has 9 heteroatoms. The van der Waals surface area contributed by atoms with Crippen molar-refractivity contribution in [3.8, 4) is 0 Å². The number of imide groups is 1. The number of anilines is 1. The van der Waals surface area contributed by atoms with Gasteiger partial charge in [-0.05, 0) is 47.9 Å². The quantitative estimate of drug-likeness (QED) is 0.793. The molecule has 3 aliphatic heterocycles. The van der Waals surface area contributed by atoms with Crippen LogP contribution in [0.3, 0.4) is 0 Å². The second kappa shape index (κ2) is 7.83. The van der Waals surface area contributed by atoms with E-state index in [-0.39, 0.29) is 36.3 Å². The number of benzene rings is 2. The van der Waals surface area contributed by atoms with Crippen LogP contribution in [0.25, 0.3) is 0 Å². The molecule has 0 radical (unpaired) electrons. The highest BCUT2D eigenvalue weighted by Gasteiger charge is 2.56. The summed E-state index contributed by atoms with van der Waals surface area (Å²) in [5.74, 6) is -0.683. The van der Waals surface area contributed by atoms with Crippen molar-refractivity contribution in [3.63, 3.8) is 0 Å². The van der Waals surface area contributed by atoms with Gasteiger partial charge in [0.2, 0.25) is 0 Å². The number of halogens is 2. The summed E-state index contributed by atoms with van der Waals surface area (Å²) in [6, 6.07) is 11.2. The van der Waals surface area contributed by atoms with E-state index in [4.69, 9.17) is 0 Å². The number of carbonyl (C=O) groups is 2. The van der Waals surface area contributed by atoms with E-state index in [1.54, 1.807) is 36.2 Å². The van der Waals surface area contributed by atoms with Gasteiger partial charge in [0.05, 0.1) is 6.54 Å². The summed E-state index contributed by atoms with van der Waals surface area (Å²) >= 11 is 0. The van der Waals surface area contributed by atoms with Gasteiger partial charge in [0.15, 0.2) is 0 Å². The Bertz CT molecular complexity index is 1030. The zero-order valence-corrected chi connectivity index (χ0v) is 17.9. The largest absolute Gasteiger partial charge is 0.343 e. The van der Waals surface area contributed by atoms with Crippen molar-refractivity contribution in [3.05, 3.63) is 65.7 Å². The minimum Gasteiger partial charge on any atom is -0.343 e. The lowest BCUT2D eigenvalue weighted by Gasteiger charge is -2.46. The van der Waals surface area contributed by atoms with Crippen LogP contribution >= 0.6 is 0 Å².